The minimum Gasteiger partial charge on any atom is -0.618 e. The summed E-state index contributed by atoms with van der Waals surface area (Å²) in [7, 11) is -3.66. The van der Waals surface area contributed by atoms with Crippen molar-refractivity contribution in [3.63, 3.8) is 0 Å². The second-order valence-corrected chi connectivity index (χ2v) is 5.97. The zero-order valence-corrected chi connectivity index (χ0v) is 11.4. The smallest absolute Gasteiger partial charge is 0.329 e. The number of sulfonamides is 1. The number of aromatic nitrogens is 1. The van der Waals surface area contributed by atoms with Crippen molar-refractivity contribution in [1.82, 2.24) is 0 Å². The predicted molar refractivity (Wildman–Crippen MR) is 67.3 cm³/mol. The molecule has 2 aromatic rings. The van der Waals surface area contributed by atoms with Crippen LogP contribution in [0.4, 0.5) is 18.9 Å². The number of anilines is 1. The zero-order valence-electron chi connectivity index (χ0n) is 10.6. The lowest BCUT2D eigenvalue weighted by Crippen LogP contribution is -2.40. The number of nitrogens with zero attached hydrogens (tertiary/aromatic N) is 2. The molecule has 0 fully saturated rings. The molecule has 0 radical (unpaired) electrons. The van der Waals surface area contributed by atoms with Gasteiger partial charge >= 0.3 is 15.0 Å². The van der Waals surface area contributed by atoms with Crippen LogP contribution in [0.1, 0.15) is 0 Å². The van der Waals surface area contributed by atoms with Crippen molar-refractivity contribution in [3.05, 3.63) is 59.2 Å². The number of benzene rings is 1. The van der Waals surface area contributed by atoms with Crippen molar-refractivity contribution in [3.8, 4) is 0 Å². The van der Waals surface area contributed by atoms with Crippen molar-refractivity contribution in [2.75, 3.05) is 11.4 Å². The largest absolute Gasteiger partial charge is 0.618 e. The van der Waals surface area contributed by atoms with Crippen molar-refractivity contribution in [2.24, 2.45) is 0 Å². The molecule has 1 heterocycles. The molecule has 2 rings (SSSR count). The van der Waals surface area contributed by atoms with E-state index in [1.165, 1.54) is 0 Å². The normalized spacial score (nSPS) is 11.4. The van der Waals surface area contributed by atoms with Crippen LogP contribution in [-0.4, -0.2) is 15.5 Å². The van der Waals surface area contributed by atoms with Gasteiger partial charge in [0.2, 0.25) is 6.20 Å². The summed E-state index contributed by atoms with van der Waals surface area (Å²) in [5, 5.41) is 10.6. The van der Waals surface area contributed by atoms with Crippen molar-refractivity contribution in [1.29, 1.82) is 0 Å². The molecule has 0 unspecified atom stereocenters. The Morgan fingerprint density at radius 2 is 1.67 bits per heavy atom. The van der Waals surface area contributed by atoms with Crippen LogP contribution in [0.15, 0.2) is 41.6 Å². The number of hydrogen-bond acceptors (Lipinski definition) is 3. The van der Waals surface area contributed by atoms with Gasteiger partial charge in [0.15, 0.2) is 17.5 Å². The van der Waals surface area contributed by atoms with Gasteiger partial charge in [0, 0.05) is 13.1 Å². The predicted octanol–water partition coefficient (Wildman–Crippen LogP) is 1.56. The first-order valence-corrected chi connectivity index (χ1v) is 7.01. The molecule has 0 saturated heterocycles. The Kier molecular flexibility index (Phi) is 3.77. The van der Waals surface area contributed by atoms with Crippen LogP contribution in [0.2, 0.25) is 0 Å². The van der Waals surface area contributed by atoms with Gasteiger partial charge in [-0.05, 0) is 18.2 Å². The Morgan fingerprint density at radius 1 is 1.10 bits per heavy atom. The van der Waals surface area contributed by atoms with Gasteiger partial charge in [0.1, 0.15) is 5.69 Å². The maximum absolute atomic E-state index is 13.6. The minimum absolute atomic E-state index is 0.222. The van der Waals surface area contributed by atoms with Gasteiger partial charge in [-0.1, -0.05) is 6.07 Å². The molecule has 0 spiro atoms. The van der Waals surface area contributed by atoms with Crippen LogP contribution < -0.4 is 9.04 Å². The van der Waals surface area contributed by atoms with Crippen LogP contribution in [0.5, 0.6) is 0 Å². The lowest BCUT2D eigenvalue weighted by atomic mass is 10.3. The average Bonchev–Trinajstić information content (AvgIpc) is 2.37. The number of halogens is 3. The van der Waals surface area contributed by atoms with E-state index in [0.29, 0.717) is 16.6 Å². The first-order valence-electron chi connectivity index (χ1n) is 5.57. The molecule has 5 nitrogen and oxygen atoms in total. The number of para-hydroxylation sites is 1. The monoisotopic (exact) mass is 318 g/mol. The molecular weight excluding hydrogens is 309 g/mol. The number of pyridine rings is 1. The number of hydrogen-bond donors (Lipinski definition) is 0. The third kappa shape index (κ3) is 2.64. The molecule has 1 aromatic heterocycles. The van der Waals surface area contributed by atoms with Crippen molar-refractivity contribution in [2.45, 2.75) is 5.03 Å². The molecule has 1 aromatic carbocycles. The van der Waals surface area contributed by atoms with Gasteiger partial charge in [0.05, 0.1) is 0 Å². The van der Waals surface area contributed by atoms with Gasteiger partial charge in [-0.2, -0.15) is 13.1 Å². The van der Waals surface area contributed by atoms with E-state index in [9.17, 15) is 26.8 Å². The summed E-state index contributed by atoms with van der Waals surface area (Å²) in [4.78, 5) is 0. The van der Waals surface area contributed by atoms with Gasteiger partial charge in [-0.25, -0.2) is 13.2 Å². The van der Waals surface area contributed by atoms with E-state index >= 15 is 0 Å². The molecule has 0 aliphatic heterocycles. The Morgan fingerprint density at radius 3 is 2.19 bits per heavy atom. The van der Waals surface area contributed by atoms with Crippen LogP contribution >= 0.6 is 0 Å². The Labute approximate surface area is 118 Å². The molecule has 0 atom stereocenters. The Balaban J connectivity index is 2.58. The van der Waals surface area contributed by atoms with Crippen LogP contribution in [0.25, 0.3) is 0 Å². The molecule has 9 heteroatoms. The van der Waals surface area contributed by atoms with E-state index in [1.54, 1.807) is 0 Å². The van der Waals surface area contributed by atoms with E-state index in [1.807, 2.05) is 0 Å². The highest BCUT2D eigenvalue weighted by molar-refractivity contribution is 7.92. The summed E-state index contributed by atoms with van der Waals surface area (Å²) in [6, 6.07) is 4.29. The van der Waals surface area contributed by atoms with E-state index in [2.05, 4.69) is 0 Å². The topological polar surface area (TPSA) is 64.3 Å². The van der Waals surface area contributed by atoms with Crippen molar-refractivity contribution < 1.29 is 26.3 Å². The molecule has 0 aliphatic rings. The van der Waals surface area contributed by atoms with Crippen molar-refractivity contribution >= 4 is 15.7 Å². The fourth-order valence-electron chi connectivity index (χ4n) is 1.69. The second kappa shape index (κ2) is 5.24. The van der Waals surface area contributed by atoms with E-state index in [0.717, 1.165) is 31.3 Å². The molecule has 0 N–H and O–H groups in total. The summed E-state index contributed by atoms with van der Waals surface area (Å²) in [6.07, 6.45) is 0.401. The molecule has 0 amide bonds. The highest BCUT2D eigenvalue weighted by Gasteiger charge is 2.32. The van der Waals surface area contributed by atoms with E-state index in [4.69, 9.17) is 0 Å². The SMILES string of the molecule is CN(c1c(F)cccc1F)S(=O)(=O)c1ccc(F)c[n+]1[O-]. The summed E-state index contributed by atoms with van der Waals surface area (Å²) < 4.78 is 64.6. The summed E-state index contributed by atoms with van der Waals surface area (Å²) in [6.45, 7) is 0. The van der Waals surface area contributed by atoms with Gasteiger partial charge in [-0.15, -0.1) is 0 Å². The standard InChI is InChI=1S/C12H9F3N2O3S/c1-16(12-9(14)3-2-4-10(12)15)21(19,20)11-6-5-8(13)7-17(11)18/h2-7H,1H3. The fraction of sp³-hybridized carbons (Fsp3) is 0.0833. The average molecular weight is 318 g/mol. The highest BCUT2D eigenvalue weighted by Crippen LogP contribution is 2.26. The zero-order chi connectivity index (χ0) is 15.8. The summed E-state index contributed by atoms with van der Waals surface area (Å²) >= 11 is 0. The van der Waals surface area contributed by atoms with Crippen LogP contribution in [0.3, 0.4) is 0 Å². The second-order valence-electron chi connectivity index (χ2n) is 4.05. The van der Waals surface area contributed by atoms with E-state index < -0.39 is 38.2 Å². The third-order valence-corrected chi connectivity index (χ3v) is 4.47. The lowest BCUT2D eigenvalue weighted by molar-refractivity contribution is -0.648. The summed E-state index contributed by atoms with van der Waals surface area (Å²) in [5.41, 5.74) is -0.832. The Hall–Kier alpha value is -2.29. The first-order chi connectivity index (χ1) is 9.75. The molecule has 0 bridgehead atoms. The quantitative estimate of drug-likeness (QED) is 0.637. The maximum atomic E-state index is 13.6. The lowest BCUT2D eigenvalue weighted by Gasteiger charge is -2.19. The van der Waals surface area contributed by atoms with Gasteiger partial charge in [0.25, 0.3) is 0 Å². The van der Waals surface area contributed by atoms with Crippen LogP contribution in [-0.2, 0) is 10.0 Å². The van der Waals surface area contributed by atoms with Gasteiger partial charge < -0.3 is 5.21 Å². The molecule has 0 saturated carbocycles. The maximum Gasteiger partial charge on any atom is 0.329 e. The van der Waals surface area contributed by atoms with Crippen LogP contribution in [0, 0.1) is 22.7 Å². The Bertz CT molecular complexity index is 776. The molecular formula is C12H9F3N2O3S. The fourth-order valence-corrected chi connectivity index (χ4v) is 2.91. The van der Waals surface area contributed by atoms with Gasteiger partial charge in [-0.3, -0.25) is 4.31 Å². The first kappa shape index (κ1) is 15.1. The molecule has 112 valence electrons. The summed E-state index contributed by atoms with van der Waals surface area (Å²) in [5.74, 6) is -3.16. The minimum atomic E-state index is -4.55. The highest BCUT2D eigenvalue weighted by atomic mass is 32.2. The molecule has 21 heavy (non-hydrogen) atoms. The third-order valence-electron chi connectivity index (χ3n) is 2.72. The number of rotatable bonds is 3. The molecule has 0 aliphatic carbocycles. The van der Waals surface area contributed by atoms with E-state index in [-0.39, 0.29) is 4.73 Å².